The van der Waals surface area contributed by atoms with Gasteiger partial charge in [0.1, 0.15) is 11.5 Å². The van der Waals surface area contributed by atoms with Crippen molar-refractivity contribution in [1.29, 1.82) is 0 Å². The third-order valence-corrected chi connectivity index (χ3v) is 3.64. The minimum absolute atomic E-state index is 0.0113. The molecule has 2 rings (SSSR count). The van der Waals surface area contributed by atoms with Gasteiger partial charge in [-0.25, -0.2) is 0 Å². The molecule has 0 radical (unpaired) electrons. The number of benzene rings is 1. The Hall–Kier alpha value is -1.29. The fourth-order valence-electron chi connectivity index (χ4n) is 2.53. The van der Waals surface area contributed by atoms with Crippen LogP contribution in [-0.4, -0.2) is 18.0 Å². The lowest BCUT2D eigenvalue weighted by atomic mass is 9.99. The summed E-state index contributed by atoms with van der Waals surface area (Å²) in [4.78, 5) is 2.20. The molecule has 0 aliphatic carbocycles. The quantitative estimate of drug-likeness (QED) is 0.912. The normalized spacial score (nSPS) is 14.5. The highest BCUT2D eigenvalue weighted by molar-refractivity contribution is 6.30. The van der Waals surface area contributed by atoms with E-state index in [2.05, 4.69) is 11.9 Å². The van der Waals surface area contributed by atoms with E-state index in [1.165, 1.54) is 0 Å². The van der Waals surface area contributed by atoms with E-state index in [9.17, 15) is 0 Å². The van der Waals surface area contributed by atoms with E-state index >= 15 is 0 Å². The number of halogens is 1. The van der Waals surface area contributed by atoms with Gasteiger partial charge in [0.05, 0.1) is 6.54 Å². The second kappa shape index (κ2) is 6.44. The smallest absolute Gasteiger partial charge is 0.118 e. The number of rotatable bonds is 5. The average Bonchev–Trinajstić information content (AvgIpc) is 2.77. The van der Waals surface area contributed by atoms with Crippen LogP contribution < -0.4 is 5.73 Å². The van der Waals surface area contributed by atoms with Crippen LogP contribution in [0.1, 0.15) is 30.0 Å². The van der Waals surface area contributed by atoms with E-state index in [0.29, 0.717) is 0 Å². The first-order valence-electron chi connectivity index (χ1n) is 6.74. The molecule has 0 saturated carbocycles. The van der Waals surface area contributed by atoms with E-state index in [-0.39, 0.29) is 12.1 Å². The van der Waals surface area contributed by atoms with Crippen LogP contribution in [0.15, 0.2) is 40.8 Å². The maximum absolute atomic E-state index is 6.16. The number of aryl methyl sites for hydroxylation is 1. The molecule has 0 aliphatic heterocycles. The van der Waals surface area contributed by atoms with Crippen LogP contribution >= 0.6 is 11.6 Å². The van der Waals surface area contributed by atoms with Gasteiger partial charge in [-0.15, -0.1) is 0 Å². The fraction of sp³-hybridized carbons (Fsp3) is 0.375. The Morgan fingerprint density at radius 2 is 1.85 bits per heavy atom. The van der Waals surface area contributed by atoms with Gasteiger partial charge < -0.3 is 10.2 Å². The lowest BCUT2D eigenvalue weighted by Crippen LogP contribution is -2.36. The average molecular weight is 293 g/mol. The van der Waals surface area contributed by atoms with Gasteiger partial charge in [-0.05, 0) is 50.7 Å². The maximum atomic E-state index is 6.16. The molecule has 0 aliphatic rings. The summed E-state index contributed by atoms with van der Waals surface area (Å²) in [6, 6.07) is 12.0. The predicted molar refractivity (Wildman–Crippen MR) is 82.8 cm³/mol. The number of hydrogen-bond donors (Lipinski definition) is 1. The molecule has 1 aromatic carbocycles. The zero-order chi connectivity index (χ0) is 14.7. The van der Waals surface area contributed by atoms with E-state index in [4.69, 9.17) is 21.8 Å². The van der Waals surface area contributed by atoms with Gasteiger partial charge >= 0.3 is 0 Å². The molecule has 3 nitrogen and oxygen atoms in total. The number of furan rings is 1. The van der Waals surface area contributed by atoms with E-state index < -0.39 is 0 Å². The van der Waals surface area contributed by atoms with Crippen molar-refractivity contribution in [3.05, 3.63) is 58.5 Å². The molecule has 0 fully saturated rings. The van der Waals surface area contributed by atoms with Crippen molar-refractivity contribution < 1.29 is 4.42 Å². The first-order valence-corrected chi connectivity index (χ1v) is 7.12. The van der Waals surface area contributed by atoms with Crippen molar-refractivity contribution in [1.82, 2.24) is 4.90 Å². The Morgan fingerprint density at radius 3 is 2.35 bits per heavy atom. The second-order valence-electron chi connectivity index (χ2n) is 5.28. The van der Waals surface area contributed by atoms with Crippen molar-refractivity contribution in [3.63, 3.8) is 0 Å². The van der Waals surface area contributed by atoms with Crippen molar-refractivity contribution >= 4 is 11.6 Å². The largest absolute Gasteiger partial charge is 0.465 e. The monoisotopic (exact) mass is 292 g/mol. The molecule has 20 heavy (non-hydrogen) atoms. The first-order chi connectivity index (χ1) is 9.47. The van der Waals surface area contributed by atoms with Gasteiger partial charge in [0.15, 0.2) is 0 Å². The molecule has 2 aromatic rings. The van der Waals surface area contributed by atoms with Crippen LogP contribution in [0.5, 0.6) is 0 Å². The Bertz CT molecular complexity index is 548. The van der Waals surface area contributed by atoms with Crippen molar-refractivity contribution in [2.45, 2.75) is 32.5 Å². The summed E-state index contributed by atoms with van der Waals surface area (Å²) < 4.78 is 5.64. The number of nitrogens with zero attached hydrogens (tertiary/aromatic N) is 1. The van der Waals surface area contributed by atoms with Crippen LogP contribution in [0.25, 0.3) is 0 Å². The van der Waals surface area contributed by atoms with Gasteiger partial charge in [0.2, 0.25) is 0 Å². The fourth-order valence-corrected chi connectivity index (χ4v) is 2.66. The summed E-state index contributed by atoms with van der Waals surface area (Å²) in [5.74, 6) is 1.88. The lowest BCUT2D eigenvalue weighted by molar-refractivity contribution is 0.195. The molecular weight excluding hydrogens is 272 g/mol. The molecule has 2 atom stereocenters. The predicted octanol–water partition coefficient (Wildman–Crippen LogP) is 3.76. The molecule has 2 N–H and O–H groups in total. The van der Waals surface area contributed by atoms with Crippen LogP contribution in [0.3, 0.4) is 0 Å². The standard InChI is InChI=1S/C16H21ClN2O/c1-11-4-9-15(20-11)10-19(3)16(12(2)18)13-5-7-14(17)8-6-13/h4-9,12,16H,10,18H2,1-3H3. The van der Waals surface area contributed by atoms with E-state index in [1.54, 1.807) is 0 Å². The highest BCUT2D eigenvalue weighted by Crippen LogP contribution is 2.25. The van der Waals surface area contributed by atoms with Gasteiger partial charge in [-0.2, -0.15) is 0 Å². The van der Waals surface area contributed by atoms with Gasteiger partial charge in [-0.1, -0.05) is 23.7 Å². The summed E-state index contributed by atoms with van der Waals surface area (Å²) in [5.41, 5.74) is 7.32. The molecular formula is C16H21ClN2O. The summed E-state index contributed by atoms with van der Waals surface area (Å²) in [5, 5.41) is 0.737. The van der Waals surface area contributed by atoms with Crippen LogP contribution in [-0.2, 0) is 6.54 Å². The third-order valence-electron chi connectivity index (χ3n) is 3.39. The zero-order valence-electron chi connectivity index (χ0n) is 12.1. The number of likely N-dealkylation sites (N-methyl/N-ethyl adjacent to an activating group) is 1. The molecule has 2 unspecified atom stereocenters. The summed E-state index contributed by atoms with van der Waals surface area (Å²) >= 11 is 5.95. The molecule has 0 saturated heterocycles. The number of nitrogens with two attached hydrogens (primary N) is 1. The Balaban J connectivity index is 2.17. The highest BCUT2D eigenvalue weighted by atomic mass is 35.5. The topological polar surface area (TPSA) is 42.4 Å². The second-order valence-corrected chi connectivity index (χ2v) is 5.72. The highest BCUT2D eigenvalue weighted by Gasteiger charge is 2.22. The summed E-state index contributed by atoms with van der Waals surface area (Å²) in [6.07, 6.45) is 0. The van der Waals surface area contributed by atoms with Gasteiger partial charge in [0.25, 0.3) is 0 Å². The summed E-state index contributed by atoms with van der Waals surface area (Å²) in [6.45, 7) is 4.69. The zero-order valence-corrected chi connectivity index (χ0v) is 12.9. The van der Waals surface area contributed by atoms with Gasteiger partial charge in [-0.3, -0.25) is 4.90 Å². The van der Waals surface area contributed by atoms with E-state index in [1.807, 2.05) is 50.2 Å². The third kappa shape index (κ3) is 3.63. The van der Waals surface area contributed by atoms with Crippen molar-refractivity contribution in [2.24, 2.45) is 5.73 Å². The lowest BCUT2D eigenvalue weighted by Gasteiger charge is -2.31. The molecule has 108 valence electrons. The van der Waals surface area contributed by atoms with Crippen molar-refractivity contribution in [3.8, 4) is 0 Å². The van der Waals surface area contributed by atoms with Crippen LogP contribution in [0.2, 0.25) is 5.02 Å². The minimum Gasteiger partial charge on any atom is -0.465 e. The minimum atomic E-state index is 0.0113. The number of hydrogen-bond acceptors (Lipinski definition) is 3. The maximum Gasteiger partial charge on any atom is 0.118 e. The van der Waals surface area contributed by atoms with Crippen LogP contribution in [0, 0.1) is 6.92 Å². The van der Waals surface area contributed by atoms with Crippen molar-refractivity contribution in [2.75, 3.05) is 7.05 Å². The molecule has 4 heteroatoms. The van der Waals surface area contributed by atoms with E-state index in [0.717, 1.165) is 28.7 Å². The Morgan fingerprint density at radius 1 is 1.20 bits per heavy atom. The Kier molecular flexibility index (Phi) is 4.86. The van der Waals surface area contributed by atoms with Gasteiger partial charge in [0, 0.05) is 17.1 Å². The summed E-state index contributed by atoms with van der Waals surface area (Å²) in [7, 11) is 2.06. The molecule has 0 spiro atoms. The first kappa shape index (κ1) is 15.1. The SMILES string of the molecule is Cc1ccc(CN(C)C(c2ccc(Cl)cc2)C(C)N)o1. The molecule has 0 bridgehead atoms. The molecule has 1 heterocycles. The molecule has 0 amide bonds. The Labute approximate surface area is 125 Å². The molecule has 1 aromatic heterocycles. The van der Waals surface area contributed by atoms with Crippen LogP contribution in [0.4, 0.5) is 0 Å².